The largest absolute Gasteiger partial charge is 0.481 e. The zero-order valence-electron chi connectivity index (χ0n) is 8.84. The minimum Gasteiger partial charge on any atom is -0.481 e. The van der Waals surface area contributed by atoms with Gasteiger partial charge in [0.1, 0.15) is 0 Å². The van der Waals surface area contributed by atoms with Gasteiger partial charge in [0.05, 0.1) is 5.75 Å². The molecule has 0 fully saturated rings. The third-order valence-corrected chi connectivity index (χ3v) is 2.88. The molecule has 0 spiro atoms. The molecule has 0 bridgehead atoms. The maximum atomic E-state index is 11.5. The van der Waals surface area contributed by atoms with Crippen LogP contribution in [0, 0.1) is 0 Å². The van der Waals surface area contributed by atoms with E-state index in [1.165, 1.54) is 4.57 Å². The number of hydrogen-bond donors (Lipinski definition) is 2. The molecule has 16 heavy (non-hydrogen) atoms. The SMILES string of the molecule is C=CCC(C)n1c(SCC(=O)O)n[nH]c1=O. The highest BCUT2D eigenvalue weighted by atomic mass is 32.2. The van der Waals surface area contributed by atoms with Crippen LogP contribution < -0.4 is 5.69 Å². The molecule has 0 aliphatic heterocycles. The van der Waals surface area contributed by atoms with Crippen LogP contribution in [0.1, 0.15) is 19.4 Å². The summed E-state index contributed by atoms with van der Waals surface area (Å²) in [6, 6.07) is -0.0833. The first-order valence-corrected chi connectivity index (χ1v) is 5.67. The standard InChI is InChI=1S/C9H13N3O3S/c1-3-4-6(2)12-8(15)10-11-9(12)16-5-7(13)14/h3,6H,1,4-5H2,2H3,(H,10,15)(H,13,14). The Morgan fingerprint density at radius 3 is 3.06 bits per heavy atom. The summed E-state index contributed by atoms with van der Waals surface area (Å²) in [5.74, 6) is -1.06. The molecule has 0 aromatic carbocycles. The smallest absolute Gasteiger partial charge is 0.344 e. The fourth-order valence-electron chi connectivity index (χ4n) is 1.25. The van der Waals surface area contributed by atoms with Gasteiger partial charge in [-0.1, -0.05) is 17.8 Å². The summed E-state index contributed by atoms with van der Waals surface area (Å²) >= 11 is 1.02. The van der Waals surface area contributed by atoms with E-state index in [1.54, 1.807) is 6.08 Å². The maximum absolute atomic E-state index is 11.5. The number of hydrogen-bond acceptors (Lipinski definition) is 4. The molecule has 1 atom stereocenters. The number of allylic oxidation sites excluding steroid dienone is 1. The Bertz CT molecular complexity index is 437. The zero-order chi connectivity index (χ0) is 12.1. The van der Waals surface area contributed by atoms with Gasteiger partial charge in [-0.2, -0.15) is 0 Å². The number of rotatable bonds is 6. The fraction of sp³-hybridized carbons (Fsp3) is 0.444. The number of H-pyrrole nitrogens is 1. The van der Waals surface area contributed by atoms with E-state index in [-0.39, 0.29) is 17.5 Å². The molecule has 1 aromatic heterocycles. The van der Waals surface area contributed by atoms with Gasteiger partial charge in [0.15, 0.2) is 5.16 Å². The van der Waals surface area contributed by atoms with Crippen molar-refractivity contribution in [3.8, 4) is 0 Å². The predicted octanol–water partition coefficient (Wildman–Crippen LogP) is 0.885. The quantitative estimate of drug-likeness (QED) is 0.572. The molecule has 6 nitrogen and oxygen atoms in total. The number of carboxylic acids is 1. The van der Waals surface area contributed by atoms with Crippen LogP contribution in [-0.4, -0.2) is 31.6 Å². The molecule has 2 N–H and O–H groups in total. The van der Waals surface area contributed by atoms with Crippen LogP contribution in [0.4, 0.5) is 0 Å². The van der Waals surface area contributed by atoms with E-state index >= 15 is 0 Å². The molecule has 0 radical (unpaired) electrons. The number of nitrogens with zero attached hydrogens (tertiary/aromatic N) is 2. The van der Waals surface area contributed by atoms with Gasteiger partial charge in [-0.15, -0.1) is 11.7 Å². The van der Waals surface area contributed by atoms with E-state index in [9.17, 15) is 9.59 Å². The highest BCUT2D eigenvalue weighted by Crippen LogP contribution is 2.18. The Labute approximate surface area is 96.4 Å². The molecule has 0 aliphatic rings. The monoisotopic (exact) mass is 243 g/mol. The highest BCUT2D eigenvalue weighted by Gasteiger charge is 2.14. The van der Waals surface area contributed by atoms with E-state index in [0.717, 1.165) is 11.8 Å². The number of aromatic nitrogens is 3. The van der Waals surface area contributed by atoms with Crippen LogP contribution in [0.3, 0.4) is 0 Å². The minimum atomic E-state index is -0.941. The average Bonchev–Trinajstić information content (AvgIpc) is 2.57. The van der Waals surface area contributed by atoms with Gasteiger partial charge >= 0.3 is 11.7 Å². The van der Waals surface area contributed by atoms with Crippen molar-refractivity contribution >= 4 is 17.7 Å². The van der Waals surface area contributed by atoms with Crippen LogP contribution in [0.15, 0.2) is 22.6 Å². The number of carbonyl (C=O) groups is 1. The van der Waals surface area contributed by atoms with Crippen molar-refractivity contribution in [2.24, 2.45) is 0 Å². The number of nitrogens with one attached hydrogen (secondary N) is 1. The minimum absolute atomic E-state index is 0.0833. The van der Waals surface area contributed by atoms with E-state index in [0.29, 0.717) is 11.6 Å². The molecular formula is C9H13N3O3S. The lowest BCUT2D eigenvalue weighted by molar-refractivity contribution is -0.133. The van der Waals surface area contributed by atoms with Crippen LogP contribution in [0.2, 0.25) is 0 Å². The third-order valence-electron chi connectivity index (χ3n) is 1.95. The van der Waals surface area contributed by atoms with Crippen molar-refractivity contribution in [3.05, 3.63) is 23.1 Å². The summed E-state index contributed by atoms with van der Waals surface area (Å²) < 4.78 is 1.44. The molecule has 1 rings (SSSR count). The third kappa shape index (κ3) is 2.99. The molecule has 0 aliphatic carbocycles. The summed E-state index contributed by atoms with van der Waals surface area (Å²) in [6.45, 7) is 5.45. The van der Waals surface area contributed by atoms with Crippen molar-refractivity contribution in [3.63, 3.8) is 0 Å². The Morgan fingerprint density at radius 2 is 2.50 bits per heavy atom. The van der Waals surface area contributed by atoms with Crippen molar-refractivity contribution in [2.45, 2.75) is 24.5 Å². The van der Waals surface area contributed by atoms with Crippen molar-refractivity contribution < 1.29 is 9.90 Å². The summed E-state index contributed by atoms with van der Waals surface area (Å²) in [5.41, 5.74) is -0.331. The summed E-state index contributed by atoms with van der Waals surface area (Å²) in [4.78, 5) is 21.9. The lowest BCUT2D eigenvalue weighted by atomic mass is 10.2. The molecule has 0 saturated carbocycles. The molecule has 1 unspecified atom stereocenters. The molecule has 0 saturated heterocycles. The number of aliphatic carboxylic acids is 1. The second kappa shape index (κ2) is 5.55. The van der Waals surface area contributed by atoms with Crippen LogP contribution in [0.25, 0.3) is 0 Å². The number of carboxylic acid groups (broad SMARTS) is 1. The van der Waals surface area contributed by atoms with Gasteiger partial charge in [0.2, 0.25) is 0 Å². The Balaban J connectivity index is 2.89. The van der Waals surface area contributed by atoms with Gasteiger partial charge < -0.3 is 5.11 Å². The maximum Gasteiger partial charge on any atom is 0.344 e. The first kappa shape index (κ1) is 12.6. The molecule has 7 heteroatoms. The summed E-state index contributed by atoms with van der Waals surface area (Å²) in [5, 5.41) is 15.0. The second-order valence-corrected chi connectivity index (χ2v) is 4.18. The van der Waals surface area contributed by atoms with E-state index in [4.69, 9.17) is 5.11 Å². The van der Waals surface area contributed by atoms with Gasteiger partial charge in [-0.05, 0) is 13.3 Å². The molecule has 1 heterocycles. The van der Waals surface area contributed by atoms with Gasteiger partial charge in [0, 0.05) is 6.04 Å². The molecule has 1 aromatic rings. The summed E-state index contributed by atoms with van der Waals surface area (Å²) in [6.07, 6.45) is 2.33. The van der Waals surface area contributed by atoms with Crippen molar-refractivity contribution in [1.29, 1.82) is 0 Å². The second-order valence-electron chi connectivity index (χ2n) is 3.24. The van der Waals surface area contributed by atoms with Gasteiger partial charge in [0.25, 0.3) is 0 Å². The van der Waals surface area contributed by atoms with Crippen LogP contribution in [-0.2, 0) is 4.79 Å². The predicted molar refractivity (Wildman–Crippen MR) is 60.7 cm³/mol. The lowest BCUT2D eigenvalue weighted by Gasteiger charge is -2.11. The first-order chi connectivity index (χ1) is 7.56. The van der Waals surface area contributed by atoms with Gasteiger partial charge in [-0.3, -0.25) is 9.36 Å². The van der Waals surface area contributed by atoms with Crippen LogP contribution in [0.5, 0.6) is 0 Å². The Hall–Kier alpha value is -1.50. The van der Waals surface area contributed by atoms with E-state index in [2.05, 4.69) is 16.8 Å². The molecule has 0 amide bonds. The Kier molecular flexibility index (Phi) is 4.36. The zero-order valence-corrected chi connectivity index (χ0v) is 9.66. The first-order valence-electron chi connectivity index (χ1n) is 4.68. The lowest BCUT2D eigenvalue weighted by Crippen LogP contribution is -2.21. The molecule has 88 valence electrons. The number of aromatic amines is 1. The molecular weight excluding hydrogens is 230 g/mol. The van der Waals surface area contributed by atoms with E-state index in [1.807, 2.05) is 6.92 Å². The van der Waals surface area contributed by atoms with Crippen molar-refractivity contribution in [1.82, 2.24) is 14.8 Å². The van der Waals surface area contributed by atoms with Crippen LogP contribution >= 0.6 is 11.8 Å². The highest BCUT2D eigenvalue weighted by molar-refractivity contribution is 7.99. The van der Waals surface area contributed by atoms with E-state index < -0.39 is 5.97 Å². The number of thioether (sulfide) groups is 1. The summed E-state index contributed by atoms with van der Waals surface area (Å²) in [7, 11) is 0. The average molecular weight is 243 g/mol. The van der Waals surface area contributed by atoms with Crippen molar-refractivity contribution in [2.75, 3.05) is 5.75 Å². The normalized spacial score (nSPS) is 12.3. The van der Waals surface area contributed by atoms with Gasteiger partial charge in [-0.25, -0.2) is 9.89 Å². The topological polar surface area (TPSA) is 88.0 Å². The Morgan fingerprint density at radius 1 is 1.81 bits per heavy atom. The fourth-order valence-corrected chi connectivity index (χ4v) is 2.02.